The first-order valence-electron chi connectivity index (χ1n) is 8.75. The van der Waals surface area contributed by atoms with Gasteiger partial charge in [0.25, 0.3) is 5.91 Å². The van der Waals surface area contributed by atoms with Gasteiger partial charge in [-0.05, 0) is 60.9 Å². The van der Waals surface area contributed by atoms with E-state index in [4.69, 9.17) is 5.26 Å². The number of amides is 1. The second-order valence-corrected chi connectivity index (χ2v) is 6.30. The largest absolute Gasteiger partial charge is 0.325 e. The first-order valence-corrected chi connectivity index (χ1v) is 8.75. The number of carbonyl (C=O) groups is 1. The van der Waals surface area contributed by atoms with Crippen LogP contribution in [0.4, 0.5) is 17.2 Å². The summed E-state index contributed by atoms with van der Waals surface area (Å²) in [7, 11) is 0. The van der Waals surface area contributed by atoms with Crippen LogP contribution in [0, 0.1) is 11.3 Å². The van der Waals surface area contributed by atoms with E-state index < -0.39 is 0 Å². The number of rotatable bonds is 3. The summed E-state index contributed by atoms with van der Waals surface area (Å²) in [6.07, 6.45) is 2.12. The Morgan fingerprint density at radius 1 is 1.04 bits per heavy atom. The van der Waals surface area contributed by atoms with Crippen molar-refractivity contribution in [3.05, 3.63) is 77.5 Å². The van der Waals surface area contributed by atoms with E-state index in [-0.39, 0.29) is 11.6 Å². The highest BCUT2D eigenvalue weighted by Gasteiger charge is 2.19. The van der Waals surface area contributed by atoms with Crippen molar-refractivity contribution in [3.8, 4) is 6.07 Å². The molecule has 0 radical (unpaired) electrons. The molecule has 3 aromatic rings. The van der Waals surface area contributed by atoms with Gasteiger partial charge in [0.2, 0.25) is 0 Å². The summed E-state index contributed by atoms with van der Waals surface area (Å²) in [5.74, 6) is 0.398. The van der Waals surface area contributed by atoms with E-state index in [0.717, 1.165) is 30.9 Å². The van der Waals surface area contributed by atoms with Crippen molar-refractivity contribution >= 4 is 23.1 Å². The van der Waals surface area contributed by atoms with Gasteiger partial charge in [-0.15, -0.1) is 10.2 Å². The molecule has 132 valence electrons. The Balaban J connectivity index is 1.51. The second kappa shape index (κ2) is 7.26. The van der Waals surface area contributed by atoms with Crippen molar-refractivity contribution < 1.29 is 4.79 Å². The van der Waals surface area contributed by atoms with E-state index in [9.17, 15) is 4.79 Å². The van der Waals surface area contributed by atoms with Crippen molar-refractivity contribution in [1.82, 2.24) is 10.2 Å². The third kappa shape index (κ3) is 3.48. The fraction of sp³-hybridized carbons (Fsp3) is 0.143. The molecule has 0 bridgehead atoms. The van der Waals surface area contributed by atoms with Crippen LogP contribution in [-0.4, -0.2) is 22.6 Å². The fourth-order valence-electron chi connectivity index (χ4n) is 3.19. The molecule has 1 aliphatic rings. The number of nitrogens with zero attached hydrogens (tertiary/aromatic N) is 4. The summed E-state index contributed by atoms with van der Waals surface area (Å²) >= 11 is 0. The lowest BCUT2D eigenvalue weighted by Crippen LogP contribution is -2.26. The molecule has 0 aliphatic carbocycles. The Hall–Kier alpha value is -3.72. The number of hydrogen-bond donors (Lipinski definition) is 1. The highest BCUT2D eigenvalue weighted by molar-refractivity contribution is 6.02. The van der Waals surface area contributed by atoms with Crippen LogP contribution in [0.5, 0.6) is 0 Å². The molecule has 6 heteroatoms. The SMILES string of the molecule is N#Cc1ccc(NC(=O)c2ccc(N3CCCc4ccccc43)nn2)cc1. The number of para-hydroxylation sites is 1. The minimum atomic E-state index is -0.335. The summed E-state index contributed by atoms with van der Waals surface area (Å²) in [5, 5.41) is 19.9. The Morgan fingerprint density at radius 3 is 2.59 bits per heavy atom. The maximum Gasteiger partial charge on any atom is 0.276 e. The molecule has 0 saturated carbocycles. The zero-order valence-corrected chi connectivity index (χ0v) is 14.6. The molecule has 0 atom stereocenters. The predicted molar refractivity (Wildman–Crippen MR) is 103 cm³/mol. The number of nitrogens with one attached hydrogen (secondary N) is 1. The highest BCUT2D eigenvalue weighted by Crippen LogP contribution is 2.31. The molecule has 0 saturated heterocycles. The molecule has 0 spiro atoms. The number of hydrogen-bond acceptors (Lipinski definition) is 5. The number of benzene rings is 2. The molecule has 2 aromatic carbocycles. The van der Waals surface area contributed by atoms with E-state index in [1.165, 1.54) is 5.56 Å². The smallest absolute Gasteiger partial charge is 0.276 e. The molecule has 6 nitrogen and oxygen atoms in total. The normalized spacial score (nSPS) is 12.8. The lowest BCUT2D eigenvalue weighted by Gasteiger charge is -2.29. The van der Waals surface area contributed by atoms with Crippen LogP contribution >= 0.6 is 0 Å². The van der Waals surface area contributed by atoms with Crippen molar-refractivity contribution in [3.63, 3.8) is 0 Å². The number of carbonyl (C=O) groups excluding carboxylic acids is 1. The molecule has 1 aliphatic heterocycles. The maximum absolute atomic E-state index is 12.4. The molecule has 4 rings (SSSR count). The predicted octanol–water partition coefficient (Wildman–Crippen LogP) is 3.68. The van der Waals surface area contributed by atoms with Crippen molar-refractivity contribution in [2.75, 3.05) is 16.8 Å². The van der Waals surface area contributed by atoms with Gasteiger partial charge in [-0.25, -0.2) is 0 Å². The molecule has 2 heterocycles. The Kier molecular flexibility index (Phi) is 4.50. The number of fused-ring (bicyclic) bond motifs is 1. The average Bonchev–Trinajstić information content (AvgIpc) is 2.74. The maximum atomic E-state index is 12.4. The van der Waals surface area contributed by atoms with E-state index >= 15 is 0 Å². The topological polar surface area (TPSA) is 81.9 Å². The zero-order chi connectivity index (χ0) is 18.6. The molecular formula is C21H17N5O. The van der Waals surface area contributed by atoms with E-state index in [0.29, 0.717) is 11.3 Å². The van der Waals surface area contributed by atoms with Gasteiger partial charge in [-0.2, -0.15) is 5.26 Å². The second-order valence-electron chi connectivity index (χ2n) is 6.30. The highest BCUT2D eigenvalue weighted by atomic mass is 16.1. The third-order valence-corrected chi connectivity index (χ3v) is 4.54. The summed E-state index contributed by atoms with van der Waals surface area (Å²) in [6.45, 7) is 0.877. The molecular weight excluding hydrogens is 338 g/mol. The number of aryl methyl sites for hydroxylation is 1. The summed E-state index contributed by atoms with van der Waals surface area (Å²) < 4.78 is 0. The minimum Gasteiger partial charge on any atom is -0.325 e. The van der Waals surface area contributed by atoms with Crippen LogP contribution in [-0.2, 0) is 6.42 Å². The monoisotopic (exact) mass is 355 g/mol. The van der Waals surface area contributed by atoms with E-state index in [1.54, 1.807) is 30.3 Å². The van der Waals surface area contributed by atoms with E-state index in [2.05, 4.69) is 32.5 Å². The number of anilines is 3. The van der Waals surface area contributed by atoms with Crippen molar-refractivity contribution in [2.24, 2.45) is 0 Å². The molecule has 0 unspecified atom stereocenters. The van der Waals surface area contributed by atoms with Gasteiger partial charge in [0.1, 0.15) is 0 Å². The zero-order valence-electron chi connectivity index (χ0n) is 14.6. The van der Waals surface area contributed by atoms with Gasteiger partial charge in [-0.1, -0.05) is 18.2 Å². The van der Waals surface area contributed by atoms with Crippen molar-refractivity contribution in [1.29, 1.82) is 5.26 Å². The van der Waals surface area contributed by atoms with Crippen LogP contribution in [0.25, 0.3) is 0 Å². The first-order chi connectivity index (χ1) is 13.2. The Morgan fingerprint density at radius 2 is 1.85 bits per heavy atom. The standard InChI is InChI=1S/C21H17N5O/c22-14-15-7-9-17(10-8-15)23-21(27)18-11-12-20(25-24-18)26-13-3-5-16-4-1-2-6-19(16)26/h1-2,4,6-12H,3,5,13H2,(H,23,27). The lowest BCUT2D eigenvalue weighted by atomic mass is 10.0. The van der Waals surface area contributed by atoms with Crippen LogP contribution in [0.3, 0.4) is 0 Å². The van der Waals surface area contributed by atoms with Crippen molar-refractivity contribution in [2.45, 2.75) is 12.8 Å². The van der Waals surface area contributed by atoms with Gasteiger partial charge in [-0.3, -0.25) is 4.79 Å². The van der Waals surface area contributed by atoms with Gasteiger partial charge in [0.05, 0.1) is 11.6 Å². The number of nitriles is 1. The summed E-state index contributed by atoms with van der Waals surface area (Å²) in [5.41, 5.74) is 3.84. The van der Waals surface area contributed by atoms with Gasteiger partial charge in [0, 0.05) is 17.9 Å². The third-order valence-electron chi connectivity index (χ3n) is 4.54. The summed E-state index contributed by atoms with van der Waals surface area (Å²) in [6, 6.07) is 20.5. The van der Waals surface area contributed by atoms with Crippen LogP contribution in [0.1, 0.15) is 28.0 Å². The Labute approximate surface area is 157 Å². The molecule has 27 heavy (non-hydrogen) atoms. The van der Waals surface area contributed by atoms with E-state index in [1.807, 2.05) is 24.3 Å². The van der Waals surface area contributed by atoms with Crippen LogP contribution < -0.4 is 10.2 Å². The molecule has 1 aromatic heterocycles. The van der Waals surface area contributed by atoms with Gasteiger partial charge >= 0.3 is 0 Å². The fourth-order valence-corrected chi connectivity index (χ4v) is 3.19. The molecule has 1 N–H and O–H groups in total. The van der Waals surface area contributed by atoms with Crippen LogP contribution in [0.2, 0.25) is 0 Å². The Bertz CT molecular complexity index is 1010. The molecule has 1 amide bonds. The first kappa shape index (κ1) is 16.7. The quantitative estimate of drug-likeness (QED) is 0.775. The lowest BCUT2D eigenvalue weighted by molar-refractivity contribution is 0.102. The average molecular weight is 355 g/mol. The summed E-state index contributed by atoms with van der Waals surface area (Å²) in [4.78, 5) is 14.5. The van der Waals surface area contributed by atoms with Gasteiger partial charge < -0.3 is 10.2 Å². The van der Waals surface area contributed by atoms with Crippen LogP contribution in [0.15, 0.2) is 60.7 Å². The minimum absolute atomic E-state index is 0.244. The van der Waals surface area contributed by atoms with Gasteiger partial charge in [0.15, 0.2) is 11.5 Å². The number of aromatic nitrogens is 2. The molecule has 0 fully saturated rings.